The van der Waals surface area contributed by atoms with Gasteiger partial charge in [0.05, 0.1) is 0 Å². The maximum absolute atomic E-state index is 11.1. The number of unbranched alkanes of at least 4 members (excludes halogenated alkanes) is 1. The first-order valence-electron chi connectivity index (χ1n) is 4.28. The molecule has 0 amide bonds. The standard InChI is InChI=1S/C9H10O4S/c10-7(11)4-2-1-3-6-5-8(12)14-9(6)13/h5H,1-4H2,(H,10,11). The summed E-state index contributed by atoms with van der Waals surface area (Å²) in [6, 6.07) is 0. The molecule has 0 saturated heterocycles. The van der Waals surface area contributed by atoms with E-state index in [1.54, 1.807) is 0 Å². The van der Waals surface area contributed by atoms with Crippen LogP contribution in [0.25, 0.3) is 0 Å². The lowest BCUT2D eigenvalue weighted by Crippen LogP contribution is -1.96. The summed E-state index contributed by atoms with van der Waals surface area (Å²) in [5, 5.41) is 7.95. The van der Waals surface area contributed by atoms with E-state index in [0.717, 1.165) is 0 Å². The Morgan fingerprint density at radius 3 is 2.57 bits per heavy atom. The summed E-state index contributed by atoms with van der Waals surface area (Å²) < 4.78 is 0. The Bertz CT molecular complexity index is 306. The fourth-order valence-electron chi connectivity index (χ4n) is 1.15. The van der Waals surface area contributed by atoms with E-state index in [2.05, 4.69) is 0 Å². The molecular weight excluding hydrogens is 204 g/mol. The lowest BCUT2D eigenvalue weighted by molar-refractivity contribution is -0.137. The zero-order valence-electron chi connectivity index (χ0n) is 7.49. The minimum atomic E-state index is -0.831. The van der Waals surface area contributed by atoms with Crippen molar-refractivity contribution in [3.8, 4) is 0 Å². The van der Waals surface area contributed by atoms with Crippen LogP contribution in [0.1, 0.15) is 25.7 Å². The molecular formula is C9H10O4S. The third-order valence-corrected chi connectivity index (χ3v) is 2.60. The molecule has 0 fully saturated rings. The summed E-state index contributed by atoms with van der Waals surface area (Å²) in [7, 11) is 0. The first kappa shape index (κ1) is 11.0. The van der Waals surface area contributed by atoms with E-state index < -0.39 is 5.97 Å². The van der Waals surface area contributed by atoms with Crippen LogP contribution in [0.2, 0.25) is 0 Å². The number of rotatable bonds is 5. The molecule has 0 aromatic heterocycles. The molecule has 1 heterocycles. The highest BCUT2D eigenvalue weighted by Crippen LogP contribution is 2.25. The maximum Gasteiger partial charge on any atom is 0.303 e. The second kappa shape index (κ2) is 4.95. The van der Waals surface area contributed by atoms with E-state index in [1.165, 1.54) is 6.08 Å². The van der Waals surface area contributed by atoms with Gasteiger partial charge in [0.15, 0.2) is 0 Å². The molecule has 0 aromatic carbocycles. The van der Waals surface area contributed by atoms with Crippen molar-refractivity contribution in [3.63, 3.8) is 0 Å². The number of carboxylic acids is 1. The highest BCUT2D eigenvalue weighted by Gasteiger charge is 2.21. The van der Waals surface area contributed by atoms with Crippen LogP contribution in [0.15, 0.2) is 11.6 Å². The SMILES string of the molecule is O=C(O)CCCCC1=CC(=O)SC1=O. The summed E-state index contributed by atoms with van der Waals surface area (Å²) in [6.07, 6.45) is 3.14. The van der Waals surface area contributed by atoms with Crippen LogP contribution in [-0.2, 0) is 14.4 Å². The average molecular weight is 214 g/mol. The average Bonchev–Trinajstić information content (AvgIpc) is 2.39. The van der Waals surface area contributed by atoms with Crippen molar-refractivity contribution in [3.05, 3.63) is 11.6 Å². The summed E-state index contributed by atoms with van der Waals surface area (Å²) in [4.78, 5) is 32.0. The molecule has 5 heteroatoms. The van der Waals surface area contributed by atoms with E-state index in [4.69, 9.17) is 5.11 Å². The van der Waals surface area contributed by atoms with Gasteiger partial charge in [-0.2, -0.15) is 0 Å². The van der Waals surface area contributed by atoms with Gasteiger partial charge in [-0.05, 0) is 31.0 Å². The van der Waals surface area contributed by atoms with E-state index >= 15 is 0 Å². The van der Waals surface area contributed by atoms with Gasteiger partial charge in [-0.1, -0.05) is 0 Å². The molecule has 0 spiro atoms. The Hall–Kier alpha value is -1.10. The van der Waals surface area contributed by atoms with Gasteiger partial charge >= 0.3 is 5.97 Å². The molecule has 1 N–H and O–H groups in total. The molecule has 1 rings (SSSR count). The molecule has 1 aliphatic heterocycles. The largest absolute Gasteiger partial charge is 0.481 e. The van der Waals surface area contributed by atoms with Crippen molar-refractivity contribution >= 4 is 28.0 Å². The molecule has 1 aliphatic rings. The Balaban J connectivity index is 2.25. The van der Waals surface area contributed by atoms with Gasteiger partial charge in [-0.15, -0.1) is 0 Å². The minimum absolute atomic E-state index is 0.114. The second-order valence-corrected chi connectivity index (χ2v) is 3.96. The highest BCUT2D eigenvalue weighted by molar-refractivity contribution is 8.27. The van der Waals surface area contributed by atoms with Crippen LogP contribution >= 0.6 is 11.8 Å². The monoisotopic (exact) mass is 214 g/mol. The number of hydrogen-bond acceptors (Lipinski definition) is 4. The minimum Gasteiger partial charge on any atom is -0.481 e. The van der Waals surface area contributed by atoms with Crippen molar-refractivity contribution in [2.75, 3.05) is 0 Å². The number of aliphatic carboxylic acids is 1. The molecule has 0 aromatic rings. The normalized spacial score (nSPS) is 15.9. The maximum atomic E-state index is 11.1. The van der Waals surface area contributed by atoms with Crippen LogP contribution < -0.4 is 0 Å². The Morgan fingerprint density at radius 2 is 2.07 bits per heavy atom. The lowest BCUT2D eigenvalue weighted by Gasteiger charge is -1.97. The third-order valence-electron chi connectivity index (χ3n) is 1.83. The smallest absolute Gasteiger partial charge is 0.303 e. The summed E-state index contributed by atoms with van der Waals surface area (Å²) >= 11 is 0.706. The fourth-order valence-corrected chi connectivity index (χ4v) is 1.83. The van der Waals surface area contributed by atoms with Gasteiger partial charge in [0, 0.05) is 18.1 Å². The third kappa shape index (κ3) is 3.33. The van der Waals surface area contributed by atoms with Crippen LogP contribution in [0, 0.1) is 0 Å². The molecule has 0 unspecified atom stereocenters. The first-order valence-corrected chi connectivity index (χ1v) is 5.10. The zero-order chi connectivity index (χ0) is 10.6. The van der Waals surface area contributed by atoms with Gasteiger partial charge in [-0.25, -0.2) is 0 Å². The first-order chi connectivity index (χ1) is 6.59. The van der Waals surface area contributed by atoms with Gasteiger partial charge in [0.2, 0.25) is 10.2 Å². The summed E-state index contributed by atoms with van der Waals surface area (Å²) in [5.74, 6) is -0.831. The quantitative estimate of drug-likeness (QED) is 0.699. The molecule has 4 nitrogen and oxygen atoms in total. The number of hydrogen-bond donors (Lipinski definition) is 1. The zero-order valence-corrected chi connectivity index (χ0v) is 8.30. The number of carbonyl (C=O) groups is 3. The second-order valence-electron chi connectivity index (χ2n) is 2.98. The summed E-state index contributed by atoms with van der Waals surface area (Å²) in [5.41, 5.74) is 0.519. The van der Waals surface area contributed by atoms with Gasteiger partial charge in [-0.3, -0.25) is 14.4 Å². The fraction of sp³-hybridized carbons (Fsp3) is 0.444. The molecule has 0 saturated carbocycles. The van der Waals surface area contributed by atoms with Crippen LogP contribution in [0.4, 0.5) is 0 Å². The van der Waals surface area contributed by atoms with Crippen LogP contribution in [0.3, 0.4) is 0 Å². The van der Waals surface area contributed by atoms with Crippen molar-refractivity contribution in [1.29, 1.82) is 0 Å². The van der Waals surface area contributed by atoms with Crippen molar-refractivity contribution in [1.82, 2.24) is 0 Å². The van der Waals surface area contributed by atoms with E-state index in [-0.39, 0.29) is 16.7 Å². The molecule has 0 bridgehead atoms. The molecule has 76 valence electrons. The molecule has 14 heavy (non-hydrogen) atoms. The highest BCUT2D eigenvalue weighted by atomic mass is 32.2. The van der Waals surface area contributed by atoms with Crippen LogP contribution in [-0.4, -0.2) is 21.3 Å². The number of carboxylic acid groups (broad SMARTS) is 1. The van der Waals surface area contributed by atoms with Crippen molar-refractivity contribution in [2.45, 2.75) is 25.7 Å². The van der Waals surface area contributed by atoms with Gasteiger partial charge in [0.1, 0.15) is 0 Å². The summed E-state index contributed by atoms with van der Waals surface area (Å²) in [6.45, 7) is 0. The van der Waals surface area contributed by atoms with E-state index in [0.29, 0.717) is 36.6 Å². The van der Waals surface area contributed by atoms with Crippen molar-refractivity contribution in [2.24, 2.45) is 0 Å². The van der Waals surface area contributed by atoms with Crippen LogP contribution in [0.5, 0.6) is 0 Å². The van der Waals surface area contributed by atoms with Gasteiger partial charge < -0.3 is 5.11 Å². The van der Waals surface area contributed by atoms with Gasteiger partial charge in [0.25, 0.3) is 0 Å². The molecule has 0 radical (unpaired) electrons. The molecule has 0 atom stereocenters. The Labute approximate surface area is 85.4 Å². The van der Waals surface area contributed by atoms with E-state index in [1.807, 2.05) is 0 Å². The van der Waals surface area contributed by atoms with E-state index in [9.17, 15) is 14.4 Å². The lowest BCUT2D eigenvalue weighted by atomic mass is 10.1. The predicted molar refractivity (Wildman–Crippen MR) is 51.8 cm³/mol. The topological polar surface area (TPSA) is 71.4 Å². The molecule has 0 aliphatic carbocycles. The number of thioether (sulfide) groups is 1. The number of carbonyl (C=O) groups excluding carboxylic acids is 2. The Kier molecular flexibility index (Phi) is 3.88. The van der Waals surface area contributed by atoms with Crippen molar-refractivity contribution < 1.29 is 19.5 Å². The predicted octanol–water partition coefficient (Wildman–Crippen LogP) is 1.36. The Morgan fingerprint density at radius 1 is 1.36 bits per heavy atom.